The van der Waals surface area contributed by atoms with E-state index in [-0.39, 0.29) is 5.56 Å². The van der Waals surface area contributed by atoms with Crippen LogP contribution in [0.2, 0.25) is 0 Å². The molecule has 5 nitrogen and oxygen atoms in total. The molecule has 3 aromatic rings. The van der Waals surface area contributed by atoms with Gasteiger partial charge in [-0.3, -0.25) is 9.36 Å². The molecule has 6 heteroatoms. The number of fused-ring (bicyclic) bond motifs is 3. The number of aromatic amines is 1. The molecule has 0 atom stereocenters. The minimum absolute atomic E-state index is 0.0381. The molecule has 2 heterocycles. The number of H-pyrrole nitrogens is 1. The van der Waals surface area contributed by atoms with Crippen molar-refractivity contribution in [2.45, 2.75) is 19.9 Å². The third kappa shape index (κ3) is 2.73. The summed E-state index contributed by atoms with van der Waals surface area (Å²) in [6.45, 7) is 3.92. The first-order chi connectivity index (χ1) is 10.2. The minimum Gasteiger partial charge on any atom is -0.382 e. The first-order valence-corrected chi connectivity index (χ1v) is 7.74. The maximum atomic E-state index is 12.5. The van der Waals surface area contributed by atoms with Gasteiger partial charge in [-0.25, -0.2) is 4.98 Å². The molecule has 0 aliphatic heterocycles. The van der Waals surface area contributed by atoms with Crippen LogP contribution in [0.1, 0.15) is 13.3 Å². The van der Waals surface area contributed by atoms with Crippen molar-refractivity contribution in [3.8, 4) is 0 Å². The highest BCUT2D eigenvalue weighted by molar-refractivity contribution is 9.10. The van der Waals surface area contributed by atoms with Crippen molar-refractivity contribution in [1.82, 2.24) is 14.5 Å². The smallest absolute Gasteiger partial charge is 0.277 e. The monoisotopic (exact) mass is 349 g/mol. The van der Waals surface area contributed by atoms with Crippen LogP contribution in [0, 0.1) is 0 Å². The quantitative estimate of drug-likeness (QED) is 0.720. The number of ether oxygens (including phenoxy) is 1. The minimum atomic E-state index is -0.0381. The third-order valence-electron chi connectivity index (χ3n) is 3.43. The van der Waals surface area contributed by atoms with Crippen molar-refractivity contribution in [3.05, 3.63) is 39.4 Å². The van der Waals surface area contributed by atoms with Crippen molar-refractivity contribution in [2.24, 2.45) is 0 Å². The summed E-state index contributed by atoms with van der Waals surface area (Å²) in [6, 6.07) is 5.86. The van der Waals surface area contributed by atoms with Gasteiger partial charge in [0.1, 0.15) is 11.0 Å². The Morgan fingerprint density at radius 2 is 2.29 bits per heavy atom. The predicted molar refractivity (Wildman–Crippen MR) is 86.7 cm³/mol. The van der Waals surface area contributed by atoms with Gasteiger partial charge in [0.15, 0.2) is 0 Å². The van der Waals surface area contributed by atoms with Crippen LogP contribution in [0.4, 0.5) is 0 Å². The van der Waals surface area contributed by atoms with Crippen molar-refractivity contribution >= 4 is 37.9 Å². The lowest BCUT2D eigenvalue weighted by molar-refractivity contribution is 0.141. The Kier molecular flexibility index (Phi) is 4.07. The fourth-order valence-corrected chi connectivity index (χ4v) is 2.76. The molecule has 1 N–H and O–H groups in total. The molecule has 0 bridgehead atoms. The average molecular weight is 350 g/mol. The number of hydrogen-bond donors (Lipinski definition) is 1. The van der Waals surface area contributed by atoms with E-state index >= 15 is 0 Å². The van der Waals surface area contributed by atoms with Gasteiger partial charge in [0.05, 0.1) is 6.33 Å². The van der Waals surface area contributed by atoms with E-state index in [4.69, 9.17) is 4.74 Å². The summed E-state index contributed by atoms with van der Waals surface area (Å²) in [7, 11) is 0. The molecule has 0 amide bonds. The molecule has 3 rings (SSSR count). The molecule has 0 aliphatic carbocycles. The van der Waals surface area contributed by atoms with E-state index < -0.39 is 0 Å². The number of benzene rings is 1. The summed E-state index contributed by atoms with van der Waals surface area (Å²) in [5.41, 5.74) is 2.16. The second-order valence-electron chi connectivity index (χ2n) is 4.83. The fourth-order valence-electron chi connectivity index (χ4n) is 2.40. The van der Waals surface area contributed by atoms with Gasteiger partial charge in [0.2, 0.25) is 0 Å². The summed E-state index contributed by atoms with van der Waals surface area (Å²) < 4.78 is 7.90. The van der Waals surface area contributed by atoms with Crippen LogP contribution in [0.5, 0.6) is 0 Å². The van der Waals surface area contributed by atoms with Crippen molar-refractivity contribution in [2.75, 3.05) is 13.2 Å². The Hall–Kier alpha value is -1.66. The first kappa shape index (κ1) is 14.3. The van der Waals surface area contributed by atoms with E-state index in [2.05, 4.69) is 25.9 Å². The lowest BCUT2D eigenvalue weighted by Crippen LogP contribution is -2.21. The van der Waals surface area contributed by atoms with Gasteiger partial charge >= 0.3 is 0 Å². The predicted octanol–water partition coefficient (Wildman–Crippen LogP) is 3.07. The number of aromatic nitrogens is 3. The standard InChI is InChI=1S/C15H16BrN3O2/c1-2-21-7-3-6-19-9-17-13-11-8-10(16)4-5-12(11)18-14(13)15(19)20/h4-5,8-9,18H,2-3,6-7H2,1H3. The van der Waals surface area contributed by atoms with Gasteiger partial charge in [-0.15, -0.1) is 0 Å². The summed E-state index contributed by atoms with van der Waals surface area (Å²) in [5.74, 6) is 0. The van der Waals surface area contributed by atoms with Gasteiger partial charge in [0, 0.05) is 35.1 Å². The highest BCUT2D eigenvalue weighted by Crippen LogP contribution is 2.24. The highest BCUT2D eigenvalue weighted by atomic mass is 79.9. The van der Waals surface area contributed by atoms with E-state index in [1.54, 1.807) is 10.9 Å². The summed E-state index contributed by atoms with van der Waals surface area (Å²) in [6.07, 6.45) is 2.41. The molecule has 0 spiro atoms. The normalized spacial score (nSPS) is 11.5. The summed E-state index contributed by atoms with van der Waals surface area (Å²) in [4.78, 5) is 20.1. The van der Waals surface area contributed by atoms with Crippen molar-refractivity contribution < 1.29 is 4.74 Å². The Labute approximate surface area is 130 Å². The van der Waals surface area contributed by atoms with Gasteiger partial charge in [-0.05, 0) is 31.5 Å². The second-order valence-corrected chi connectivity index (χ2v) is 5.75. The molecular formula is C15H16BrN3O2. The molecule has 0 aliphatic rings. The summed E-state index contributed by atoms with van der Waals surface area (Å²) in [5, 5.41) is 0.956. The van der Waals surface area contributed by atoms with Crippen molar-refractivity contribution in [3.63, 3.8) is 0 Å². The van der Waals surface area contributed by atoms with Crippen LogP contribution in [0.15, 0.2) is 33.8 Å². The van der Waals surface area contributed by atoms with Crippen LogP contribution < -0.4 is 5.56 Å². The van der Waals surface area contributed by atoms with E-state index in [0.29, 0.717) is 25.3 Å². The molecule has 0 unspecified atom stereocenters. The highest BCUT2D eigenvalue weighted by Gasteiger charge is 2.10. The fraction of sp³-hybridized carbons (Fsp3) is 0.333. The van der Waals surface area contributed by atoms with E-state index in [0.717, 1.165) is 27.3 Å². The number of aryl methyl sites for hydroxylation is 1. The maximum Gasteiger partial charge on any atom is 0.277 e. The molecule has 0 radical (unpaired) electrons. The van der Waals surface area contributed by atoms with Crippen molar-refractivity contribution in [1.29, 1.82) is 0 Å². The zero-order valence-electron chi connectivity index (χ0n) is 11.7. The molecule has 0 saturated carbocycles. The Balaban J connectivity index is 2.01. The molecule has 21 heavy (non-hydrogen) atoms. The van der Waals surface area contributed by atoms with Gasteiger partial charge in [-0.1, -0.05) is 15.9 Å². The summed E-state index contributed by atoms with van der Waals surface area (Å²) >= 11 is 3.45. The van der Waals surface area contributed by atoms with E-state index in [1.807, 2.05) is 25.1 Å². The van der Waals surface area contributed by atoms with Gasteiger partial charge in [-0.2, -0.15) is 0 Å². The number of rotatable bonds is 5. The molecule has 0 fully saturated rings. The SMILES string of the molecule is CCOCCCn1cnc2c([nH]c3ccc(Br)cc32)c1=O. The van der Waals surface area contributed by atoms with Crippen LogP contribution in [0.25, 0.3) is 21.9 Å². The molecule has 110 valence electrons. The maximum absolute atomic E-state index is 12.5. The lowest BCUT2D eigenvalue weighted by Gasteiger charge is -2.05. The van der Waals surface area contributed by atoms with Gasteiger partial charge < -0.3 is 9.72 Å². The number of halogens is 1. The number of nitrogens with zero attached hydrogens (tertiary/aromatic N) is 2. The second kappa shape index (κ2) is 5.99. The number of hydrogen-bond acceptors (Lipinski definition) is 3. The van der Waals surface area contributed by atoms with Gasteiger partial charge in [0.25, 0.3) is 5.56 Å². The zero-order valence-corrected chi connectivity index (χ0v) is 13.3. The lowest BCUT2D eigenvalue weighted by atomic mass is 10.2. The molecule has 1 aromatic carbocycles. The van der Waals surface area contributed by atoms with Crippen LogP contribution in [-0.4, -0.2) is 27.7 Å². The molecule has 2 aromatic heterocycles. The molecule has 0 saturated heterocycles. The van der Waals surface area contributed by atoms with Crippen LogP contribution in [0.3, 0.4) is 0 Å². The average Bonchev–Trinajstić information content (AvgIpc) is 2.84. The first-order valence-electron chi connectivity index (χ1n) is 6.95. The topological polar surface area (TPSA) is 59.9 Å². The largest absolute Gasteiger partial charge is 0.382 e. The number of nitrogens with one attached hydrogen (secondary N) is 1. The van der Waals surface area contributed by atoms with Crippen LogP contribution >= 0.6 is 15.9 Å². The Morgan fingerprint density at radius 1 is 1.43 bits per heavy atom. The Bertz CT molecular complexity index is 838. The van der Waals surface area contributed by atoms with E-state index in [9.17, 15) is 4.79 Å². The zero-order chi connectivity index (χ0) is 14.8. The Morgan fingerprint density at radius 3 is 3.10 bits per heavy atom. The van der Waals surface area contributed by atoms with Crippen LogP contribution in [-0.2, 0) is 11.3 Å². The van der Waals surface area contributed by atoms with E-state index in [1.165, 1.54) is 0 Å². The molecular weight excluding hydrogens is 334 g/mol. The third-order valence-corrected chi connectivity index (χ3v) is 3.92.